The average molecular weight is 254 g/mol. The van der Waals surface area contributed by atoms with Crippen molar-refractivity contribution in [2.45, 2.75) is 12.8 Å². The molecular formula is C13H16F2N2O. The van der Waals surface area contributed by atoms with E-state index in [0.29, 0.717) is 17.9 Å². The third-order valence-electron chi connectivity index (χ3n) is 3.90. The number of hydrogen-bond acceptors (Lipinski definition) is 3. The number of ether oxygens (including phenoxy) is 1. The molecule has 3 nitrogen and oxygen atoms in total. The van der Waals surface area contributed by atoms with Gasteiger partial charge in [-0.25, -0.2) is 8.78 Å². The molecule has 2 N–H and O–H groups in total. The lowest BCUT2D eigenvalue weighted by molar-refractivity contribution is 0.0276. The van der Waals surface area contributed by atoms with Crippen LogP contribution in [-0.2, 0) is 4.74 Å². The van der Waals surface area contributed by atoms with Gasteiger partial charge in [-0.3, -0.25) is 0 Å². The van der Waals surface area contributed by atoms with Crippen LogP contribution in [0.5, 0.6) is 0 Å². The van der Waals surface area contributed by atoms with Crippen molar-refractivity contribution in [3.05, 3.63) is 23.8 Å². The summed E-state index contributed by atoms with van der Waals surface area (Å²) in [4.78, 5) is 0. The zero-order valence-corrected chi connectivity index (χ0v) is 10.1. The van der Waals surface area contributed by atoms with Gasteiger partial charge in [0.25, 0.3) is 0 Å². The molecule has 3 rings (SSSR count). The Morgan fingerprint density at radius 1 is 1.06 bits per heavy atom. The molecule has 98 valence electrons. The van der Waals surface area contributed by atoms with Crippen LogP contribution in [0.2, 0.25) is 0 Å². The molecule has 0 unspecified atom stereocenters. The fourth-order valence-electron chi connectivity index (χ4n) is 2.67. The fourth-order valence-corrected chi connectivity index (χ4v) is 2.67. The van der Waals surface area contributed by atoms with Crippen LogP contribution in [-0.4, -0.2) is 26.3 Å². The van der Waals surface area contributed by atoms with Gasteiger partial charge in [0.1, 0.15) is 5.82 Å². The highest BCUT2D eigenvalue weighted by Crippen LogP contribution is 2.37. The largest absolute Gasteiger partial charge is 0.383 e. The molecule has 18 heavy (non-hydrogen) atoms. The molecule has 1 aromatic carbocycles. The van der Waals surface area contributed by atoms with Crippen LogP contribution in [0.4, 0.5) is 20.2 Å². The summed E-state index contributed by atoms with van der Waals surface area (Å²) in [6, 6.07) is 2.25. The number of nitrogens with one attached hydrogen (secondary N) is 2. The maximum absolute atomic E-state index is 13.7. The van der Waals surface area contributed by atoms with Crippen LogP contribution >= 0.6 is 0 Å². The summed E-state index contributed by atoms with van der Waals surface area (Å²) < 4.78 is 32.3. The van der Waals surface area contributed by atoms with Crippen molar-refractivity contribution in [1.82, 2.24) is 0 Å². The molecule has 1 aromatic rings. The van der Waals surface area contributed by atoms with E-state index in [4.69, 9.17) is 4.74 Å². The molecule has 0 aromatic heterocycles. The summed E-state index contributed by atoms with van der Waals surface area (Å²) in [7, 11) is 0. The fraction of sp³-hybridized carbons (Fsp3) is 0.538. The Morgan fingerprint density at radius 3 is 2.56 bits per heavy atom. The standard InChI is InChI=1S/C13H16F2N2O/c14-9-5-10(15)12-11(6-9)16-7-13(8-17-12)1-3-18-4-2-13/h5-6,16-17H,1-4,7-8H2. The van der Waals surface area contributed by atoms with E-state index in [1.807, 2.05) is 0 Å². The molecule has 2 aliphatic rings. The zero-order chi connectivity index (χ0) is 12.6. The van der Waals surface area contributed by atoms with Gasteiger partial charge in [-0.2, -0.15) is 0 Å². The number of halogens is 2. The van der Waals surface area contributed by atoms with E-state index in [2.05, 4.69) is 10.6 Å². The van der Waals surface area contributed by atoms with E-state index in [1.54, 1.807) is 0 Å². The predicted octanol–water partition coefficient (Wildman–Crippen LogP) is 2.60. The lowest BCUT2D eigenvalue weighted by Gasteiger charge is -2.36. The minimum Gasteiger partial charge on any atom is -0.383 e. The van der Waals surface area contributed by atoms with Gasteiger partial charge in [-0.1, -0.05) is 0 Å². The lowest BCUT2D eigenvalue weighted by Crippen LogP contribution is -2.40. The third-order valence-corrected chi connectivity index (χ3v) is 3.90. The molecule has 0 bridgehead atoms. The molecule has 2 heterocycles. The van der Waals surface area contributed by atoms with Crippen LogP contribution in [0.3, 0.4) is 0 Å². The Kier molecular flexibility index (Phi) is 2.86. The van der Waals surface area contributed by atoms with Crippen molar-refractivity contribution in [3.8, 4) is 0 Å². The Labute approximate surface area is 105 Å². The Bertz CT molecular complexity index is 459. The van der Waals surface area contributed by atoms with Crippen LogP contribution in [0.15, 0.2) is 12.1 Å². The SMILES string of the molecule is Fc1cc(F)c2c(c1)NCC1(CCOCC1)CN2. The maximum atomic E-state index is 13.7. The van der Waals surface area contributed by atoms with E-state index in [9.17, 15) is 8.78 Å². The molecule has 0 radical (unpaired) electrons. The van der Waals surface area contributed by atoms with E-state index in [1.165, 1.54) is 6.07 Å². The number of rotatable bonds is 0. The first-order chi connectivity index (χ1) is 8.69. The summed E-state index contributed by atoms with van der Waals surface area (Å²) in [5.41, 5.74) is 0.954. The van der Waals surface area contributed by atoms with Crippen molar-refractivity contribution >= 4 is 11.4 Å². The van der Waals surface area contributed by atoms with Crippen LogP contribution in [0.25, 0.3) is 0 Å². The minimum atomic E-state index is -0.552. The van der Waals surface area contributed by atoms with Crippen LogP contribution < -0.4 is 10.6 Å². The summed E-state index contributed by atoms with van der Waals surface area (Å²) in [5.74, 6) is -1.09. The molecule has 0 aliphatic carbocycles. The molecular weight excluding hydrogens is 238 g/mol. The normalized spacial score (nSPS) is 21.7. The van der Waals surface area contributed by atoms with Gasteiger partial charge in [0.05, 0.1) is 11.4 Å². The van der Waals surface area contributed by atoms with Gasteiger partial charge in [0, 0.05) is 37.8 Å². The molecule has 0 amide bonds. The smallest absolute Gasteiger partial charge is 0.151 e. The number of benzene rings is 1. The molecule has 1 saturated heterocycles. The van der Waals surface area contributed by atoms with E-state index in [-0.39, 0.29) is 5.41 Å². The number of hydrogen-bond donors (Lipinski definition) is 2. The lowest BCUT2D eigenvalue weighted by atomic mass is 9.80. The highest BCUT2D eigenvalue weighted by Gasteiger charge is 2.34. The average Bonchev–Trinajstić information content (AvgIpc) is 2.52. The number of anilines is 2. The zero-order valence-electron chi connectivity index (χ0n) is 10.1. The summed E-state index contributed by atoms with van der Waals surface area (Å²) in [6.07, 6.45) is 1.87. The van der Waals surface area contributed by atoms with Crippen LogP contribution in [0.1, 0.15) is 12.8 Å². The quantitative estimate of drug-likeness (QED) is 0.746. The molecule has 1 spiro atoms. The Hall–Kier alpha value is -1.36. The van der Waals surface area contributed by atoms with Crippen LogP contribution in [0, 0.1) is 17.0 Å². The van der Waals surface area contributed by atoms with E-state index >= 15 is 0 Å². The monoisotopic (exact) mass is 254 g/mol. The second-order valence-corrected chi connectivity index (χ2v) is 5.13. The van der Waals surface area contributed by atoms with Gasteiger partial charge in [0.15, 0.2) is 5.82 Å². The molecule has 0 saturated carbocycles. The van der Waals surface area contributed by atoms with Gasteiger partial charge in [-0.15, -0.1) is 0 Å². The molecule has 2 aliphatic heterocycles. The summed E-state index contributed by atoms with van der Waals surface area (Å²) in [6.45, 7) is 2.88. The number of fused-ring (bicyclic) bond motifs is 1. The molecule has 5 heteroatoms. The van der Waals surface area contributed by atoms with Gasteiger partial charge >= 0.3 is 0 Å². The Morgan fingerprint density at radius 2 is 1.78 bits per heavy atom. The molecule has 1 fully saturated rings. The highest BCUT2D eigenvalue weighted by atomic mass is 19.1. The topological polar surface area (TPSA) is 33.3 Å². The predicted molar refractivity (Wildman–Crippen MR) is 65.8 cm³/mol. The van der Waals surface area contributed by atoms with Crippen molar-refractivity contribution in [3.63, 3.8) is 0 Å². The highest BCUT2D eigenvalue weighted by molar-refractivity contribution is 5.70. The maximum Gasteiger partial charge on any atom is 0.151 e. The van der Waals surface area contributed by atoms with Crippen molar-refractivity contribution in [2.75, 3.05) is 36.9 Å². The summed E-state index contributed by atoms with van der Waals surface area (Å²) in [5, 5.41) is 6.29. The van der Waals surface area contributed by atoms with Gasteiger partial charge < -0.3 is 15.4 Å². The first kappa shape index (κ1) is 11.7. The summed E-state index contributed by atoms with van der Waals surface area (Å²) >= 11 is 0. The van der Waals surface area contributed by atoms with Gasteiger partial charge in [0.2, 0.25) is 0 Å². The second kappa shape index (κ2) is 4.39. The van der Waals surface area contributed by atoms with Crippen molar-refractivity contribution in [1.29, 1.82) is 0 Å². The van der Waals surface area contributed by atoms with Crippen molar-refractivity contribution in [2.24, 2.45) is 5.41 Å². The van der Waals surface area contributed by atoms with E-state index in [0.717, 1.165) is 38.7 Å². The van der Waals surface area contributed by atoms with Gasteiger partial charge in [-0.05, 0) is 18.9 Å². The van der Waals surface area contributed by atoms with Crippen molar-refractivity contribution < 1.29 is 13.5 Å². The molecule has 0 atom stereocenters. The first-order valence-electron chi connectivity index (χ1n) is 6.23. The minimum absolute atomic E-state index is 0.0696. The first-order valence-corrected chi connectivity index (χ1v) is 6.23. The second-order valence-electron chi connectivity index (χ2n) is 5.13. The third kappa shape index (κ3) is 2.03. The Balaban J connectivity index is 1.87. The van der Waals surface area contributed by atoms with E-state index < -0.39 is 11.6 Å².